The van der Waals surface area contributed by atoms with Crippen LogP contribution in [0.4, 0.5) is 8.78 Å². The van der Waals surface area contributed by atoms with Gasteiger partial charge in [0.2, 0.25) is 11.3 Å². The molecule has 1 unspecified atom stereocenters. The van der Waals surface area contributed by atoms with Crippen molar-refractivity contribution in [1.29, 1.82) is 0 Å². The molecule has 0 radical (unpaired) electrons. The zero-order chi connectivity index (χ0) is 23.5. The van der Waals surface area contributed by atoms with Gasteiger partial charge in [-0.3, -0.25) is 14.1 Å². The van der Waals surface area contributed by atoms with E-state index in [1.165, 1.54) is 4.57 Å². The molecular formula is C20H23F2N7O3S. The Bertz CT molecular complexity index is 1120. The number of ether oxygens (including phenoxy) is 1. The van der Waals surface area contributed by atoms with Crippen LogP contribution in [-0.2, 0) is 22.4 Å². The highest BCUT2D eigenvalue weighted by Gasteiger charge is 2.32. The molecule has 2 N–H and O–H groups in total. The number of hydrogen-bond acceptors (Lipinski definition) is 7. The van der Waals surface area contributed by atoms with Crippen molar-refractivity contribution in [3.8, 4) is 5.69 Å². The monoisotopic (exact) mass is 479 g/mol. The highest BCUT2D eigenvalue weighted by atomic mass is 32.2. The van der Waals surface area contributed by atoms with Crippen LogP contribution >= 0.6 is 0 Å². The van der Waals surface area contributed by atoms with Gasteiger partial charge < -0.3 is 4.74 Å². The number of halogens is 2. The predicted octanol–water partition coefficient (Wildman–Crippen LogP) is 2.33. The minimum Gasteiger partial charge on any atom is -0.370 e. The van der Waals surface area contributed by atoms with Gasteiger partial charge in [-0.1, -0.05) is 0 Å². The van der Waals surface area contributed by atoms with E-state index < -0.39 is 41.0 Å². The van der Waals surface area contributed by atoms with Crippen molar-refractivity contribution < 1.29 is 22.3 Å². The first-order valence-electron chi connectivity index (χ1n) is 10.4. The van der Waals surface area contributed by atoms with Gasteiger partial charge in [0.15, 0.2) is 17.5 Å². The average Bonchev–Trinajstić information content (AvgIpc) is 3.42. The summed E-state index contributed by atoms with van der Waals surface area (Å²) >= 11 is -2.29. The lowest BCUT2D eigenvalue weighted by Gasteiger charge is -2.23. The number of hydrogen-bond donors (Lipinski definition) is 2. The minimum atomic E-state index is -2.29. The van der Waals surface area contributed by atoms with E-state index in [0.717, 1.165) is 24.4 Å². The lowest BCUT2D eigenvalue weighted by molar-refractivity contribution is 0.103. The smallest absolute Gasteiger partial charge is 0.231 e. The Labute approximate surface area is 191 Å². The molecule has 4 heterocycles. The van der Waals surface area contributed by atoms with Crippen LogP contribution < -0.4 is 4.72 Å². The highest BCUT2D eigenvalue weighted by molar-refractivity contribution is 7.77. The van der Waals surface area contributed by atoms with Crippen LogP contribution in [0.15, 0.2) is 24.8 Å². The molecule has 0 aliphatic carbocycles. The molecule has 1 aliphatic heterocycles. The highest BCUT2D eigenvalue weighted by Crippen LogP contribution is 2.32. The molecule has 13 heteroatoms. The topological polar surface area (TPSA) is 128 Å². The van der Waals surface area contributed by atoms with E-state index in [0.29, 0.717) is 18.9 Å². The van der Waals surface area contributed by atoms with Crippen LogP contribution in [-0.4, -0.2) is 51.1 Å². The second-order valence-corrected chi connectivity index (χ2v) is 8.58. The molecule has 10 nitrogen and oxygen atoms in total. The number of aryl methyl sites for hydroxylation is 1. The van der Waals surface area contributed by atoms with Gasteiger partial charge in [-0.2, -0.15) is 0 Å². The fourth-order valence-electron chi connectivity index (χ4n) is 3.84. The predicted molar refractivity (Wildman–Crippen MR) is 114 cm³/mol. The van der Waals surface area contributed by atoms with Crippen molar-refractivity contribution in [2.75, 3.05) is 6.61 Å². The fraction of sp³-hybridized carbons (Fsp3) is 0.450. The van der Waals surface area contributed by atoms with Crippen molar-refractivity contribution in [3.05, 3.63) is 59.5 Å². The molecule has 33 heavy (non-hydrogen) atoms. The van der Waals surface area contributed by atoms with Crippen molar-refractivity contribution in [2.24, 2.45) is 0 Å². The van der Waals surface area contributed by atoms with Gasteiger partial charge in [-0.25, -0.2) is 27.7 Å². The molecule has 3 aromatic rings. The van der Waals surface area contributed by atoms with Gasteiger partial charge in [0.25, 0.3) is 0 Å². The number of rotatable bonds is 8. The zero-order valence-electron chi connectivity index (χ0n) is 18.0. The summed E-state index contributed by atoms with van der Waals surface area (Å²) in [5.41, 5.74) is 0.485. The summed E-state index contributed by atoms with van der Waals surface area (Å²) in [6.07, 6.45) is 6.13. The molecule has 0 saturated carbocycles. The number of nitrogens with zero attached hydrogens (tertiary/aromatic N) is 6. The van der Waals surface area contributed by atoms with Crippen LogP contribution in [0.3, 0.4) is 0 Å². The van der Waals surface area contributed by atoms with E-state index in [4.69, 9.17) is 4.74 Å². The Morgan fingerprint density at radius 3 is 2.55 bits per heavy atom. The van der Waals surface area contributed by atoms with Gasteiger partial charge in [0.1, 0.15) is 23.4 Å². The average molecular weight is 480 g/mol. The van der Waals surface area contributed by atoms with Crippen LogP contribution in [0.1, 0.15) is 54.8 Å². The molecule has 1 aliphatic rings. The lowest BCUT2D eigenvalue weighted by Crippen LogP contribution is -2.35. The molecule has 0 bridgehead atoms. The molecule has 176 valence electrons. The Hall–Kier alpha value is -2.74. The molecular weight excluding hydrogens is 456 g/mol. The Morgan fingerprint density at radius 1 is 1.24 bits per heavy atom. The SMILES string of the molecule is Cc1cnc([C@H](Cc2nnc([C@@H]3CCCO3)n2-c2c(F)cncc2F)[C@@H](C)NS(=O)O)nc1. The first-order valence-corrected chi connectivity index (χ1v) is 11.5. The standard InChI is InChI=1S/C20H23F2N7O3S/c1-11-7-24-19(25-8-11)13(12(2)28-33(30)31)6-17-26-27-20(16-4-3-5-32-16)29(17)18-14(21)9-23-10-15(18)22/h7-10,12-13,16,28H,3-6H2,1-2H3,(H,30,31)/t12-,13-,16+/m1/s1. The first kappa shape index (κ1) is 23.4. The van der Waals surface area contributed by atoms with Crippen molar-refractivity contribution in [1.82, 2.24) is 34.4 Å². The summed E-state index contributed by atoms with van der Waals surface area (Å²) in [5, 5.41) is 8.42. The molecule has 0 spiro atoms. The summed E-state index contributed by atoms with van der Waals surface area (Å²) in [5.74, 6) is -1.41. The van der Waals surface area contributed by atoms with Gasteiger partial charge in [0.05, 0.1) is 12.4 Å². The number of aromatic nitrogens is 6. The second kappa shape index (κ2) is 10.0. The van der Waals surface area contributed by atoms with Gasteiger partial charge in [0, 0.05) is 37.4 Å². The van der Waals surface area contributed by atoms with E-state index in [2.05, 4.69) is 29.9 Å². The summed E-state index contributed by atoms with van der Waals surface area (Å²) in [6, 6.07) is -0.581. The van der Waals surface area contributed by atoms with Crippen LogP contribution in [0.2, 0.25) is 0 Å². The summed E-state index contributed by atoms with van der Waals surface area (Å²) in [6.45, 7) is 4.04. The van der Waals surface area contributed by atoms with Crippen molar-refractivity contribution in [2.45, 2.75) is 51.2 Å². The van der Waals surface area contributed by atoms with Crippen LogP contribution in [0.5, 0.6) is 0 Å². The maximum atomic E-state index is 14.8. The van der Waals surface area contributed by atoms with Gasteiger partial charge >= 0.3 is 0 Å². The summed E-state index contributed by atoms with van der Waals surface area (Å²) < 4.78 is 59.8. The quantitative estimate of drug-likeness (QED) is 0.471. The van der Waals surface area contributed by atoms with E-state index in [1.807, 2.05) is 6.92 Å². The zero-order valence-corrected chi connectivity index (χ0v) is 18.8. The van der Waals surface area contributed by atoms with E-state index >= 15 is 0 Å². The van der Waals surface area contributed by atoms with Gasteiger partial charge in [-0.05, 0) is 32.3 Å². The van der Waals surface area contributed by atoms with Gasteiger partial charge in [-0.15, -0.1) is 10.2 Å². The molecule has 4 atom stereocenters. The summed E-state index contributed by atoms with van der Waals surface area (Å²) in [7, 11) is 0. The van der Waals surface area contributed by atoms with Crippen molar-refractivity contribution >= 4 is 11.3 Å². The largest absolute Gasteiger partial charge is 0.370 e. The van der Waals surface area contributed by atoms with E-state index in [-0.39, 0.29) is 23.8 Å². The van der Waals surface area contributed by atoms with Crippen molar-refractivity contribution in [3.63, 3.8) is 0 Å². The molecule has 0 aromatic carbocycles. The third kappa shape index (κ3) is 5.11. The number of pyridine rings is 1. The lowest BCUT2D eigenvalue weighted by atomic mass is 9.96. The third-order valence-electron chi connectivity index (χ3n) is 5.45. The second-order valence-electron chi connectivity index (χ2n) is 7.85. The molecule has 3 aromatic heterocycles. The Balaban J connectivity index is 1.81. The fourth-order valence-corrected chi connectivity index (χ4v) is 4.32. The Kier molecular flexibility index (Phi) is 7.12. The maximum Gasteiger partial charge on any atom is 0.231 e. The molecule has 1 saturated heterocycles. The minimum absolute atomic E-state index is 0.0787. The van der Waals surface area contributed by atoms with E-state index in [9.17, 15) is 17.5 Å². The normalized spacial score (nSPS) is 18.9. The first-order chi connectivity index (χ1) is 15.8. The third-order valence-corrected chi connectivity index (χ3v) is 6.02. The maximum absolute atomic E-state index is 14.8. The summed E-state index contributed by atoms with van der Waals surface area (Å²) in [4.78, 5) is 12.3. The van der Waals surface area contributed by atoms with Crippen LogP contribution in [0.25, 0.3) is 5.69 Å². The Morgan fingerprint density at radius 2 is 1.94 bits per heavy atom. The number of nitrogens with one attached hydrogen (secondary N) is 1. The van der Waals surface area contributed by atoms with E-state index in [1.54, 1.807) is 19.3 Å². The molecule has 4 rings (SSSR count). The molecule has 0 amide bonds. The molecule has 1 fully saturated rings. The van der Waals surface area contributed by atoms with Crippen LogP contribution in [0, 0.1) is 18.6 Å².